The first-order chi connectivity index (χ1) is 8.72. The molecule has 1 aromatic rings. The van der Waals surface area contributed by atoms with E-state index in [9.17, 15) is 4.79 Å². The maximum absolute atomic E-state index is 12.2. The SMILES string of the molecule is CCCN(CCO)C(=O)c1cncc(NCC)n1. The van der Waals surface area contributed by atoms with Crippen molar-refractivity contribution < 1.29 is 9.90 Å². The molecule has 1 rings (SSSR count). The Labute approximate surface area is 107 Å². The van der Waals surface area contributed by atoms with Crippen LogP contribution in [0.5, 0.6) is 0 Å². The molecule has 0 aliphatic heterocycles. The van der Waals surface area contributed by atoms with Gasteiger partial charge in [-0.2, -0.15) is 0 Å². The third-order valence-electron chi connectivity index (χ3n) is 2.36. The van der Waals surface area contributed by atoms with Crippen LogP contribution in [0.15, 0.2) is 12.4 Å². The van der Waals surface area contributed by atoms with Crippen molar-refractivity contribution in [2.24, 2.45) is 0 Å². The van der Waals surface area contributed by atoms with E-state index in [4.69, 9.17) is 5.11 Å². The molecule has 1 aromatic heterocycles. The summed E-state index contributed by atoms with van der Waals surface area (Å²) in [6.45, 7) is 5.53. The van der Waals surface area contributed by atoms with Crippen molar-refractivity contribution in [2.45, 2.75) is 20.3 Å². The molecule has 0 spiro atoms. The second kappa shape index (κ2) is 7.60. The van der Waals surface area contributed by atoms with Gasteiger partial charge in [-0.3, -0.25) is 9.78 Å². The number of aromatic nitrogens is 2. The fourth-order valence-electron chi connectivity index (χ4n) is 1.60. The van der Waals surface area contributed by atoms with Crippen LogP contribution in [-0.2, 0) is 0 Å². The molecule has 2 N–H and O–H groups in total. The van der Waals surface area contributed by atoms with E-state index in [1.807, 2.05) is 13.8 Å². The summed E-state index contributed by atoms with van der Waals surface area (Å²) in [5.74, 6) is 0.391. The van der Waals surface area contributed by atoms with Crippen molar-refractivity contribution in [3.05, 3.63) is 18.1 Å². The Morgan fingerprint density at radius 2 is 2.17 bits per heavy atom. The van der Waals surface area contributed by atoms with Gasteiger partial charge in [0.25, 0.3) is 5.91 Å². The van der Waals surface area contributed by atoms with Crippen LogP contribution >= 0.6 is 0 Å². The monoisotopic (exact) mass is 252 g/mol. The number of nitrogens with zero attached hydrogens (tertiary/aromatic N) is 3. The lowest BCUT2D eigenvalue weighted by Crippen LogP contribution is -2.34. The Kier molecular flexibility index (Phi) is 6.07. The number of carbonyl (C=O) groups is 1. The first-order valence-electron chi connectivity index (χ1n) is 6.19. The minimum absolute atomic E-state index is 0.0495. The molecule has 0 aliphatic rings. The normalized spacial score (nSPS) is 10.2. The smallest absolute Gasteiger partial charge is 0.274 e. The predicted octanol–water partition coefficient (Wildman–Crippen LogP) is 0.753. The molecular formula is C12H20N4O2. The number of hydrogen-bond donors (Lipinski definition) is 2. The summed E-state index contributed by atoms with van der Waals surface area (Å²) in [7, 11) is 0. The molecule has 1 amide bonds. The minimum Gasteiger partial charge on any atom is -0.395 e. The van der Waals surface area contributed by atoms with Gasteiger partial charge in [0.05, 0.1) is 19.0 Å². The van der Waals surface area contributed by atoms with Crippen LogP contribution in [0.1, 0.15) is 30.8 Å². The van der Waals surface area contributed by atoms with Crippen LogP contribution in [0.3, 0.4) is 0 Å². The van der Waals surface area contributed by atoms with E-state index < -0.39 is 0 Å². The van der Waals surface area contributed by atoms with Gasteiger partial charge < -0.3 is 15.3 Å². The van der Waals surface area contributed by atoms with Crippen molar-refractivity contribution in [1.82, 2.24) is 14.9 Å². The van der Waals surface area contributed by atoms with Crippen molar-refractivity contribution in [2.75, 3.05) is 31.6 Å². The van der Waals surface area contributed by atoms with Gasteiger partial charge in [0, 0.05) is 19.6 Å². The molecule has 0 saturated heterocycles. The summed E-state index contributed by atoms with van der Waals surface area (Å²) in [6.07, 6.45) is 3.87. The van der Waals surface area contributed by atoms with Crippen LogP contribution in [0, 0.1) is 0 Å². The molecule has 0 saturated carbocycles. The summed E-state index contributed by atoms with van der Waals surface area (Å²) in [5.41, 5.74) is 0.301. The number of anilines is 1. The zero-order valence-electron chi connectivity index (χ0n) is 10.9. The minimum atomic E-state index is -0.196. The lowest BCUT2D eigenvalue weighted by Gasteiger charge is -2.20. The van der Waals surface area contributed by atoms with E-state index in [1.165, 1.54) is 6.20 Å². The van der Waals surface area contributed by atoms with Crippen LogP contribution in [0.2, 0.25) is 0 Å². The average Bonchev–Trinajstić information content (AvgIpc) is 2.38. The molecule has 0 aromatic carbocycles. The Morgan fingerprint density at radius 3 is 2.78 bits per heavy atom. The van der Waals surface area contributed by atoms with Crippen LogP contribution in [0.4, 0.5) is 5.82 Å². The zero-order valence-corrected chi connectivity index (χ0v) is 10.9. The van der Waals surface area contributed by atoms with Gasteiger partial charge in [-0.05, 0) is 13.3 Å². The number of rotatable bonds is 7. The van der Waals surface area contributed by atoms with E-state index in [2.05, 4.69) is 15.3 Å². The Morgan fingerprint density at radius 1 is 1.39 bits per heavy atom. The molecular weight excluding hydrogens is 232 g/mol. The van der Waals surface area contributed by atoms with Gasteiger partial charge in [-0.1, -0.05) is 6.92 Å². The fraction of sp³-hybridized carbons (Fsp3) is 0.583. The van der Waals surface area contributed by atoms with E-state index >= 15 is 0 Å². The molecule has 6 heteroatoms. The number of amides is 1. The maximum atomic E-state index is 12.2. The van der Waals surface area contributed by atoms with Gasteiger partial charge in [0.2, 0.25) is 0 Å². The summed E-state index contributed by atoms with van der Waals surface area (Å²) in [6, 6.07) is 0. The van der Waals surface area contributed by atoms with Crippen LogP contribution in [-0.4, -0.2) is 52.1 Å². The molecule has 0 aliphatic carbocycles. The summed E-state index contributed by atoms with van der Waals surface area (Å²) in [4.78, 5) is 21.9. The predicted molar refractivity (Wildman–Crippen MR) is 69.5 cm³/mol. The van der Waals surface area contributed by atoms with Gasteiger partial charge in [-0.25, -0.2) is 4.98 Å². The largest absolute Gasteiger partial charge is 0.395 e. The number of nitrogens with one attached hydrogen (secondary N) is 1. The van der Waals surface area contributed by atoms with Crippen LogP contribution in [0.25, 0.3) is 0 Å². The van der Waals surface area contributed by atoms with E-state index in [1.54, 1.807) is 11.1 Å². The standard InChI is InChI=1S/C12H20N4O2/c1-3-5-16(6-7-17)12(18)10-8-13-9-11(15-10)14-4-2/h8-9,17H,3-7H2,1-2H3,(H,14,15). The Hall–Kier alpha value is -1.69. The maximum Gasteiger partial charge on any atom is 0.274 e. The molecule has 100 valence electrons. The van der Waals surface area contributed by atoms with Crippen molar-refractivity contribution in [3.63, 3.8) is 0 Å². The molecule has 0 bridgehead atoms. The molecule has 18 heavy (non-hydrogen) atoms. The van der Waals surface area contributed by atoms with Gasteiger partial charge >= 0.3 is 0 Å². The van der Waals surface area contributed by atoms with E-state index in [0.717, 1.165) is 13.0 Å². The quantitative estimate of drug-likeness (QED) is 0.749. The van der Waals surface area contributed by atoms with Gasteiger partial charge in [0.1, 0.15) is 11.5 Å². The van der Waals surface area contributed by atoms with E-state index in [0.29, 0.717) is 24.6 Å². The number of hydrogen-bond acceptors (Lipinski definition) is 5. The Balaban J connectivity index is 2.82. The summed E-state index contributed by atoms with van der Waals surface area (Å²) in [5, 5.41) is 12.0. The number of aliphatic hydroxyl groups excluding tert-OH is 1. The number of carbonyl (C=O) groups excluding carboxylic acids is 1. The lowest BCUT2D eigenvalue weighted by molar-refractivity contribution is 0.0716. The van der Waals surface area contributed by atoms with Crippen LogP contribution < -0.4 is 5.32 Å². The molecule has 0 atom stereocenters. The highest BCUT2D eigenvalue weighted by Crippen LogP contribution is 2.06. The third-order valence-corrected chi connectivity index (χ3v) is 2.36. The average molecular weight is 252 g/mol. The van der Waals surface area contributed by atoms with E-state index in [-0.39, 0.29) is 12.5 Å². The third kappa shape index (κ3) is 3.96. The molecule has 0 unspecified atom stereocenters. The van der Waals surface area contributed by atoms with Gasteiger partial charge in [-0.15, -0.1) is 0 Å². The molecule has 1 heterocycles. The number of aliphatic hydroxyl groups is 1. The highest BCUT2D eigenvalue weighted by Gasteiger charge is 2.16. The zero-order chi connectivity index (χ0) is 13.4. The highest BCUT2D eigenvalue weighted by molar-refractivity contribution is 5.92. The summed E-state index contributed by atoms with van der Waals surface area (Å²) < 4.78 is 0. The van der Waals surface area contributed by atoms with Crippen molar-refractivity contribution in [1.29, 1.82) is 0 Å². The summed E-state index contributed by atoms with van der Waals surface area (Å²) >= 11 is 0. The molecule has 6 nitrogen and oxygen atoms in total. The first kappa shape index (κ1) is 14.4. The fourth-order valence-corrected chi connectivity index (χ4v) is 1.60. The lowest BCUT2D eigenvalue weighted by atomic mass is 10.3. The van der Waals surface area contributed by atoms with Crippen molar-refractivity contribution >= 4 is 11.7 Å². The highest BCUT2D eigenvalue weighted by atomic mass is 16.3. The second-order valence-electron chi connectivity index (χ2n) is 3.84. The Bertz CT molecular complexity index is 378. The molecule has 0 fully saturated rings. The first-order valence-corrected chi connectivity index (χ1v) is 6.19. The van der Waals surface area contributed by atoms with Gasteiger partial charge in [0.15, 0.2) is 0 Å². The topological polar surface area (TPSA) is 78.3 Å². The molecule has 0 radical (unpaired) electrons. The van der Waals surface area contributed by atoms with Crippen molar-refractivity contribution in [3.8, 4) is 0 Å². The second-order valence-corrected chi connectivity index (χ2v) is 3.84.